The van der Waals surface area contributed by atoms with Gasteiger partial charge in [0.25, 0.3) is 11.8 Å². The number of rotatable bonds is 10. The number of nitrogens with one attached hydrogen (secondary N) is 2. The molecule has 0 saturated heterocycles. The zero-order valence-electron chi connectivity index (χ0n) is 21.4. The summed E-state index contributed by atoms with van der Waals surface area (Å²) in [6.07, 6.45) is -1.53. The third-order valence-corrected chi connectivity index (χ3v) is 5.51. The van der Waals surface area contributed by atoms with Crippen molar-refractivity contribution in [2.45, 2.75) is 46.3 Å². The lowest BCUT2D eigenvalue weighted by Crippen LogP contribution is -2.31. The van der Waals surface area contributed by atoms with Crippen LogP contribution in [0.4, 0.5) is 10.5 Å². The second-order valence-electron chi connectivity index (χ2n) is 8.59. The monoisotopic (exact) mass is 504 g/mol. The van der Waals surface area contributed by atoms with Gasteiger partial charge in [-0.1, -0.05) is 50.2 Å². The van der Waals surface area contributed by atoms with Crippen molar-refractivity contribution in [3.63, 3.8) is 0 Å². The number of para-hydroxylation sites is 2. The van der Waals surface area contributed by atoms with Gasteiger partial charge < -0.3 is 24.8 Å². The van der Waals surface area contributed by atoms with Crippen LogP contribution in [-0.2, 0) is 16.1 Å². The van der Waals surface area contributed by atoms with Crippen molar-refractivity contribution in [1.29, 1.82) is 0 Å². The van der Waals surface area contributed by atoms with Gasteiger partial charge in [-0.2, -0.15) is 0 Å². The first-order valence-electron chi connectivity index (χ1n) is 12.2. The molecule has 0 aliphatic rings. The first-order valence-corrected chi connectivity index (χ1v) is 12.2. The Balaban J connectivity index is 1.59. The molecule has 3 rings (SSSR count). The van der Waals surface area contributed by atoms with Crippen LogP contribution >= 0.6 is 0 Å². The standard InChI is InChI=1S/C29H32N2O6/c1-5-35-29(34)37-23-16-14-21(15-17-23)28(33)30-18-22-10-6-8-12-25(22)31-27(32)20(4)36-26-13-9-7-11-24(26)19(2)3/h6-17,19-20H,5,18H2,1-4H3,(H,30,33)(H,31,32). The van der Waals surface area contributed by atoms with Crippen molar-refractivity contribution in [2.75, 3.05) is 11.9 Å². The zero-order chi connectivity index (χ0) is 26.8. The molecular formula is C29H32N2O6. The molecule has 0 spiro atoms. The van der Waals surface area contributed by atoms with Crippen LogP contribution in [0.5, 0.6) is 11.5 Å². The molecule has 0 heterocycles. The highest BCUT2D eigenvalue weighted by Crippen LogP contribution is 2.27. The molecule has 3 aromatic carbocycles. The first-order chi connectivity index (χ1) is 17.8. The number of hydrogen-bond acceptors (Lipinski definition) is 6. The quantitative estimate of drug-likeness (QED) is 0.272. The molecule has 0 aliphatic heterocycles. The van der Waals surface area contributed by atoms with Crippen LogP contribution in [0.15, 0.2) is 72.8 Å². The van der Waals surface area contributed by atoms with Gasteiger partial charge in [0.05, 0.1) is 6.61 Å². The number of carbonyl (C=O) groups is 3. The summed E-state index contributed by atoms with van der Waals surface area (Å²) in [6, 6.07) is 21.0. The summed E-state index contributed by atoms with van der Waals surface area (Å²) in [4.78, 5) is 36.9. The number of benzene rings is 3. The van der Waals surface area contributed by atoms with E-state index in [0.717, 1.165) is 11.1 Å². The number of anilines is 1. The molecule has 2 N–H and O–H groups in total. The van der Waals surface area contributed by atoms with E-state index < -0.39 is 12.3 Å². The summed E-state index contributed by atoms with van der Waals surface area (Å²) in [7, 11) is 0. The molecule has 3 aromatic rings. The van der Waals surface area contributed by atoms with Crippen molar-refractivity contribution in [3.05, 3.63) is 89.5 Å². The maximum atomic E-state index is 12.9. The fourth-order valence-corrected chi connectivity index (χ4v) is 3.54. The SMILES string of the molecule is CCOC(=O)Oc1ccc(C(=O)NCc2ccccc2NC(=O)C(C)Oc2ccccc2C(C)C)cc1. The van der Waals surface area contributed by atoms with Crippen LogP contribution in [0.2, 0.25) is 0 Å². The molecule has 8 nitrogen and oxygen atoms in total. The Labute approximate surface area is 216 Å². The van der Waals surface area contributed by atoms with Crippen LogP contribution in [0.3, 0.4) is 0 Å². The average Bonchev–Trinajstić information content (AvgIpc) is 2.88. The average molecular weight is 505 g/mol. The molecule has 8 heteroatoms. The fraction of sp³-hybridized carbons (Fsp3) is 0.276. The first kappa shape index (κ1) is 27.3. The van der Waals surface area contributed by atoms with Gasteiger partial charge in [-0.15, -0.1) is 0 Å². The summed E-state index contributed by atoms with van der Waals surface area (Å²) in [5.41, 5.74) is 2.74. The maximum absolute atomic E-state index is 12.9. The minimum atomic E-state index is -0.804. The summed E-state index contributed by atoms with van der Waals surface area (Å²) in [5.74, 6) is 0.604. The van der Waals surface area contributed by atoms with Crippen LogP contribution < -0.4 is 20.1 Å². The Morgan fingerprint density at radius 3 is 2.24 bits per heavy atom. The smallest absolute Gasteiger partial charge is 0.481 e. The lowest BCUT2D eigenvalue weighted by molar-refractivity contribution is -0.122. The summed E-state index contributed by atoms with van der Waals surface area (Å²) >= 11 is 0. The molecule has 0 bridgehead atoms. The van der Waals surface area contributed by atoms with E-state index in [0.29, 0.717) is 17.0 Å². The summed E-state index contributed by atoms with van der Waals surface area (Å²) in [5, 5.41) is 5.75. The topological polar surface area (TPSA) is 103 Å². The molecule has 1 atom stereocenters. The van der Waals surface area contributed by atoms with E-state index in [-0.39, 0.29) is 36.6 Å². The number of ether oxygens (including phenoxy) is 3. The molecule has 0 radical (unpaired) electrons. The van der Waals surface area contributed by atoms with E-state index in [1.54, 1.807) is 32.0 Å². The van der Waals surface area contributed by atoms with Crippen molar-refractivity contribution in [2.24, 2.45) is 0 Å². The van der Waals surface area contributed by atoms with Gasteiger partial charge in [0, 0.05) is 17.8 Å². The predicted molar refractivity (Wildman–Crippen MR) is 141 cm³/mol. The molecule has 0 aliphatic carbocycles. The van der Waals surface area contributed by atoms with Crippen LogP contribution in [0.1, 0.15) is 55.1 Å². The van der Waals surface area contributed by atoms with E-state index in [1.165, 1.54) is 12.1 Å². The second-order valence-corrected chi connectivity index (χ2v) is 8.59. The van der Waals surface area contributed by atoms with Gasteiger partial charge >= 0.3 is 6.16 Å². The lowest BCUT2D eigenvalue weighted by atomic mass is 10.0. The molecule has 2 amide bonds. The molecule has 194 valence electrons. The van der Waals surface area contributed by atoms with Gasteiger partial charge in [0.15, 0.2) is 6.10 Å². The Morgan fingerprint density at radius 2 is 1.54 bits per heavy atom. The predicted octanol–water partition coefficient (Wildman–Crippen LogP) is 5.68. The molecule has 0 fully saturated rings. The third kappa shape index (κ3) is 7.83. The number of carbonyl (C=O) groups excluding carboxylic acids is 3. The minimum Gasteiger partial charge on any atom is -0.481 e. The van der Waals surface area contributed by atoms with E-state index in [9.17, 15) is 14.4 Å². The Bertz CT molecular complexity index is 1220. The minimum absolute atomic E-state index is 0.196. The van der Waals surface area contributed by atoms with Crippen molar-refractivity contribution >= 4 is 23.7 Å². The van der Waals surface area contributed by atoms with Gasteiger partial charge in [0.1, 0.15) is 11.5 Å². The van der Waals surface area contributed by atoms with Crippen molar-refractivity contribution < 1.29 is 28.6 Å². The fourth-order valence-electron chi connectivity index (χ4n) is 3.54. The number of hydrogen-bond donors (Lipinski definition) is 2. The van der Waals surface area contributed by atoms with E-state index >= 15 is 0 Å². The largest absolute Gasteiger partial charge is 0.513 e. The lowest BCUT2D eigenvalue weighted by Gasteiger charge is -2.19. The third-order valence-electron chi connectivity index (χ3n) is 5.51. The Morgan fingerprint density at radius 1 is 0.865 bits per heavy atom. The molecule has 0 saturated carbocycles. The van der Waals surface area contributed by atoms with Crippen molar-refractivity contribution in [1.82, 2.24) is 5.32 Å². The van der Waals surface area contributed by atoms with Gasteiger partial charge in [-0.3, -0.25) is 9.59 Å². The second kappa shape index (κ2) is 13.1. The van der Waals surface area contributed by atoms with E-state index in [4.69, 9.17) is 14.2 Å². The Kier molecular flexibility index (Phi) is 9.66. The van der Waals surface area contributed by atoms with Gasteiger partial charge in [-0.25, -0.2) is 4.79 Å². The van der Waals surface area contributed by atoms with E-state index in [1.807, 2.05) is 42.5 Å². The zero-order valence-corrected chi connectivity index (χ0v) is 21.4. The Hall–Kier alpha value is -4.33. The highest BCUT2D eigenvalue weighted by atomic mass is 16.7. The molecule has 1 unspecified atom stereocenters. The molecular weight excluding hydrogens is 472 g/mol. The number of amides is 2. The molecule has 0 aromatic heterocycles. The highest BCUT2D eigenvalue weighted by Gasteiger charge is 2.19. The van der Waals surface area contributed by atoms with E-state index in [2.05, 4.69) is 24.5 Å². The van der Waals surface area contributed by atoms with Gasteiger partial charge in [-0.05, 0) is 67.3 Å². The highest BCUT2D eigenvalue weighted by molar-refractivity contribution is 5.96. The van der Waals surface area contributed by atoms with Crippen LogP contribution in [0, 0.1) is 0 Å². The van der Waals surface area contributed by atoms with Gasteiger partial charge in [0.2, 0.25) is 0 Å². The van der Waals surface area contributed by atoms with Crippen LogP contribution in [-0.4, -0.2) is 30.7 Å². The maximum Gasteiger partial charge on any atom is 0.513 e. The van der Waals surface area contributed by atoms with Crippen LogP contribution in [0.25, 0.3) is 0 Å². The normalized spacial score (nSPS) is 11.4. The summed E-state index contributed by atoms with van der Waals surface area (Å²) < 4.78 is 15.7. The van der Waals surface area contributed by atoms with Crippen molar-refractivity contribution in [3.8, 4) is 11.5 Å². The molecule has 37 heavy (non-hydrogen) atoms. The summed E-state index contributed by atoms with van der Waals surface area (Å²) in [6.45, 7) is 7.93.